The van der Waals surface area contributed by atoms with Gasteiger partial charge < -0.3 is 0 Å². The first kappa shape index (κ1) is 16.5. The molecule has 4 rings (SSSR count). The van der Waals surface area contributed by atoms with Gasteiger partial charge in [0.05, 0.1) is 0 Å². The Morgan fingerprint density at radius 1 is 0.808 bits per heavy atom. The predicted octanol–water partition coefficient (Wildman–Crippen LogP) is 3.14. The molecule has 0 aliphatic heterocycles. The van der Waals surface area contributed by atoms with Crippen LogP contribution in [0.15, 0.2) is 91.1 Å². The summed E-state index contributed by atoms with van der Waals surface area (Å²) in [7, 11) is 0. The Morgan fingerprint density at radius 3 is 2.31 bits per heavy atom. The molecule has 0 aliphatic carbocycles. The van der Waals surface area contributed by atoms with Gasteiger partial charge >= 0.3 is 158 Å². The second kappa shape index (κ2) is 7.52. The van der Waals surface area contributed by atoms with E-state index in [-0.39, 0.29) is 20.9 Å². The van der Waals surface area contributed by atoms with E-state index in [4.69, 9.17) is 0 Å². The summed E-state index contributed by atoms with van der Waals surface area (Å²) in [5.74, 6) is -0.126. The first-order valence-electron chi connectivity index (χ1n) is 8.28. The van der Waals surface area contributed by atoms with E-state index in [9.17, 15) is 4.79 Å². The number of fused-ring (bicyclic) bond motifs is 1. The third-order valence-corrected chi connectivity index (χ3v) is 6.26. The van der Waals surface area contributed by atoms with Gasteiger partial charge in [0, 0.05) is 0 Å². The number of benzene rings is 3. The maximum atomic E-state index is 12.5. The summed E-state index contributed by atoms with van der Waals surface area (Å²) >= 11 is 0.185. The molecule has 26 heavy (non-hydrogen) atoms. The SMILES string of the molecule is O=C(Nc1ccc([Se]c2ccccc2)c2cccnc12)c1ccccc1. The average molecular weight is 403 g/mol. The molecule has 0 fully saturated rings. The number of rotatable bonds is 4. The van der Waals surface area contributed by atoms with Crippen molar-refractivity contribution in [3.05, 3.63) is 96.7 Å². The van der Waals surface area contributed by atoms with Crippen molar-refractivity contribution in [2.45, 2.75) is 0 Å². The molecule has 1 N–H and O–H groups in total. The van der Waals surface area contributed by atoms with E-state index in [1.165, 1.54) is 8.92 Å². The number of anilines is 1. The molecule has 4 heteroatoms. The second-order valence-electron chi connectivity index (χ2n) is 5.75. The molecule has 1 amide bonds. The zero-order valence-electron chi connectivity index (χ0n) is 13.9. The number of carbonyl (C=O) groups excluding carboxylic acids is 1. The molecule has 0 atom stereocenters. The molecule has 1 heterocycles. The van der Waals surface area contributed by atoms with E-state index >= 15 is 0 Å². The van der Waals surface area contributed by atoms with Gasteiger partial charge in [0.15, 0.2) is 0 Å². The molecule has 0 unspecified atom stereocenters. The van der Waals surface area contributed by atoms with Gasteiger partial charge in [-0.25, -0.2) is 0 Å². The van der Waals surface area contributed by atoms with Crippen molar-refractivity contribution in [2.24, 2.45) is 0 Å². The van der Waals surface area contributed by atoms with E-state index in [0.717, 1.165) is 16.6 Å². The van der Waals surface area contributed by atoms with Crippen molar-refractivity contribution in [1.29, 1.82) is 0 Å². The standard InChI is InChI=1S/C22H16N2OSe/c25-22(16-8-3-1-4-9-16)24-19-13-14-20(18-12-7-15-23-21(18)19)26-17-10-5-2-6-11-17/h1-15H,(H,24,25). The number of carbonyl (C=O) groups is 1. The maximum absolute atomic E-state index is 12.5. The summed E-state index contributed by atoms with van der Waals surface area (Å²) < 4.78 is 2.57. The third-order valence-electron chi connectivity index (χ3n) is 3.98. The third kappa shape index (κ3) is 3.52. The summed E-state index contributed by atoms with van der Waals surface area (Å²) in [5, 5.41) is 4.08. The fourth-order valence-corrected chi connectivity index (χ4v) is 4.75. The van der Waals surface area contributed by atoms with Gasteiger partial charge in [0.25, 0.3) is 0 Å². The molecular weight excluding hydrogens is 387 g/mol. The summed E-state index contributed by atoms with van der Waals surface area (Å²) in [6, 6.07) is 27.7. The average Bonchev–Trinajstić information content (AvgIpc) is 2.71. The summed E-state index contributed by atoms with van der Waals surface area (Å²) in [6.45, 7) is 0. The van der Waals surface area contributed by atoms with Crippen molar-refractivity contribution in [3.63, 3.8) is 0 Å². The summed E-state index contributed by atoms with van der Waals surface area (Å²) in [6.07, 6.45) is 1.76. The molecule has 0 aliphatic rings. The Labute approximate surface area is 158 Å². The van der Waals surface area contributed by atoms with Gasteiger partial charge in [0.1, 0.15) is 0 Å². The van der Waals surface area contributed by atoms with Crippen LogP contribution in [0.4, 0.5) is 5.69 Å². The Morgan fingerprint density at radius 2 is 1.54 bits per heavy atom. The van der Waals surface area contributed by atoms with Gasteiger partial charge in [-0.3, -0.25) is 0 Å². The number of aromatic nitrogens is 1. The molecular formula is C22H16N2OSe. The van der Waals surface area contributed by atoms with E-state index < -0.39 is 0 Å². The van der Waals surface area contributed by atoms with Crippen LogP contribution >= 0.6 is 0 Å². The number of nitrogens with zero attached hydrogens (tertiary/aromatic N) is 1. The zero-order valence-corrected chi connectivity index (χ0v) is 15.6. The van der Waals surface area contributed by atoms with Crippen LogP contribution in [-0.4, -0.2) is 25.8 Å². The Hall–Kier alpha value is -2.94. The molecule has 0 bridgehead atoms. The molecule has 1 aromatic heterocycles. The first-order chi connectivity index (χ1) is 12.8. The van der Waals surface area contributed by atoms with Gasteiger partial charge in [0.2, 0.25) is 0 Å². The van der Waals surface area contributed by atoms with Gasteiger partial charge in [-0.05, 0) is 0 Å². The number of hydrogen-bond acceptors (Lipinski definition) is 2. The number of hydrogen-bond donors (Lipinski definition) is 1. The Kier molecular flexibility index (Phi) is 4.78. The van der Waals surface area contributed by atoms with Crippen LogP contribution < -0.4 is 14.2 Å². The normalized spacial score (nSPS) is 10.6. The van der Waals surface area contributed by atoms with Crippen molar-refractivity contribution in [2.75, 3.05) is 5.32 Å². The second-order valence-corrected chi connectivity index (χ2v) is 8.09. The quantitative estimate of drug-likeness (QED) is 0.532. The van der Waals surface area contributed by atoms with Gasteiger partial charge in [-0.2, -0.15) is 0 Å². The van der Waals surface area contributed by atoms with E-state index in [1.54, 1.807) is 18.3 Å². The fourth-order valence-electron chi connectivity index (χ4n) is 2.74. The fraction of sp³-hybridized carbons (Fsp3) is 0. The van der Waals surface area contributed by atoms with Crippen LogP contribution in [0.2, 0.25) is 0 Å². The van der Waals surface area contributed by atoms with Crippen molar-refractivity contribution in [3.8, 4) is 0 Å². The van der Waals surface area contributed by atoms with Crippen LogP contribution in [0.1, 0.15) is 10.4 Å². The number of pyridine rings is 1. The van der Waals surface area contributed by atoms with E-state index in [0.29, 0.717) is 5.56 Å². The van der Waals surface area contributed by atoms with Gasteiger partial charge in [-0.1, -0.05) is 0 Å². The molecule has 126 valence electrons. The molecule has 3 aromatic carbocycles. The van der Waals surface area contributed by atoms with E-state index in [2.05, 4.69) is 46.7 Å². The van der Waals surface area contributed by atoms with E-state index in [1.807, 2.05) is 36.4 Å². The van der Waals surface area contributed by atoms with Crippen LogP contribution in [0.5, 0.6) is 0 Å². The first-order valence-corrected chi connectivity index (χ1v) is 9.99. The molecule has 4 aromatic rings. The number of nitrogens with one attached hydrogen (secondary N) is 1. The Balaban J connectivity index is 1.69. The molecule has 0 radical (unpaired) electrons. The summed E-state index contributed by atoms with van der Waals surface area (Å²) in [5.41, 5.74) is 2.20. The predicted molar refractivity (Wildman–Crippen MR) is 108 cm³/mol. The monoisotopic (exact) mass is 404 g/mol. The van der Waals surface area contributed by atoms with Crippen LogP contribution in [0.3, 0.4) is 0 Å². The molecule has 0 saturated heterocycles. The van der Waals surface area contributed by atoms with Crippen LogP contribution in [0, 0.1) is 0 Å². The molecule has 3 nitrogen and oxygen atoms in total. The van der Waals surface area contributed by atoms with Crippen molar-refractivity contribution < 1.29 is 4.79 Å². The zero-order chi connectivity index (χ0) is 17.8. The minimum absolute atomic E-state index is 0.126. The minimum atomic E-state index is -0.126. The topological polar surface area (TPSA) is 42.0 Å². The van der Waals surface area contributed by atoms with Crippen LogP contribution in [0.25, 0.3) is 10.9 Å². The molecule has 0 spiro atoms. The van der Waals surface area contributed by atoms with Crippen molar-refractivity contribution in [1.82, 2.24) is 4.98 Å². The van der Waals surface area contributed by atoms with Crippen molar-refractivity contribution >= 4 is 46.4 Å². The Bertz CT molecular complexity index is 1050. The number of amides is 1. The molecule has 0 saturated carbocycles. The summed E-state index contributed by atoms with van der Waals surface area (Å²) in [4.78, 5) is 17.0. The van der Waals surface area contributed by atoms with Gasteiger partial charge in [-0.15, -0.1) is 0 Å². The van der Waals surface area contributed by atoms with Crippen LogP contribution in [-0.2, 0) is 0 Å².